The Kier molecular flexibility index (Phi) is 6.74. The molecule has 0 saturated carbocycles. The van der Waals surface area contributed by atoms with E-state index < -0.39 is 17.8 Å². The van der Waals surface area contributed by atoms with E-state index in [2.05, 4.69) is 15.7 Å². The number of amides is 2. The maximum absolute atomic E-state index is 12.6. The van der Waals surface area contributed by atoms with Crippen molar-refractivity contribution in [3.05, 3.63) is 82.1 Å². The minimum atomic E-state index is -4.43. The summed E-state index contributed by atoms with van der Waals surface area (Å²) in [4.78, 5) is 24.0. The van der Waals surface area contributed by atoms with E-state index in [1.807, 2.05) is 31.2 Å². The Bertz CT molecular complexity index is 1090. The second kappa shape index (κ2) is 9.46. The number of nitrogens with one attached hydrogen (secondary N) is 2. The second-order valence-electron chi connectivity index (χ2n) is 6.96. The van der Waals surface area contributed by atoms with Gasteiger partial charge in [0.25, 0.3) is 5.56 Å². The molecular formula is C22H21F3N4O2. The molecule has 0 spiro atoms. The molecule has 9 heteroatoms. The normalized spacial score (nSPS) is 11.2. The molecule has 0 saturated heterocycles. The number of aryl methyl sites for hydroxylation is 2. The van der Waals surface area contributed by atoms with Crippen LogP contribution in [0.3, 0.4) is 0 Å². The number of benzene rings is 2. The smallest absolute Gasteiger partial charge is 0.338 e. The fraction of sp³-hybridized carbons (Fsp3) is 0.227. The highest BCUT2D eigenvalue weighted by atomic mass is 19.4. The Morgan fingerprint density at radius 2 is 1.68 bits per heavy atom. The molecular weight excluding hydrogens is 409 g/mol. The highest BCUT2D eigenvalue weighted by Crippen LogP contribution is 2.29. The number of rotatable bonds is 6. The van der Waals surface area contributed by atoms with Crippen LogP contribution in [0.1, 0.15) is 17.5 Å². The standard InChI is InChI=1S/C22H21F3N4O2/c1-15-3-5-16(6-4-15)19-11-12-20(30)29(28-19)14-2-13-26-21(31)27-18-9-7-17(8-10-18)22(23,24)25/h3-12H,2,13-14H2,1H3,(H2,26,27,31). The molecule has 3 rings (SSSR count). The first-order valence-electron chi connectivity index (χ1n) is 9.60. The molecule has 0 aliphatic carbocycles. The van der Waals surface area contributed by atoms with Gasteiger partial charge < -0.3 is 10.6 Å². The third-order valence-electron chi connectivity index (χ3n) is 4.52. The van der Waals surface area contributed by atoms with Crippen LogP contribution in [0.15, 0.2) is 65.5 Å². The summed E-state index contributed by atoms with van der Waals surface area (Å²) < 4.78 is 39.0. The van der Waals surface area contributed by atoms with Gasteiger partial charge in [-0.2, -0.15) is 18.3 Å². The van der Waals surface area contributed by atoms with Crippen LogP contribution in [0, 0.1) is 6.92 Å². The maximum atomic E-state index is 12.6. The lowest BCUT2D eigenvalue weighted by Crippen LogP contribution is -2.31. The monoisotopic (exact) mass is 430 g/mol. The molecule has 0 fully saturated rings. The molecule has 0 unspecified atom stereocenters. The third kappa shape index (κ3) is 6.18. The van der Waals surface area contributed by atoms with Gasteiger partial charge in [0.1, 0.15) is 0 Å². The van der Waals surface area contributed by atoms with Gasteiger partial charge in [0, 0.05) is 30.4 Å². The summed E-state index contributed by atoms with van der Waals surface area (Å²) in [7, 11) is 0. The first-order valence-corrected chi connectivity index (χ1v) is 9.60. The van der Waals surface area contributed by atoms with E-state index in [4.69, 9.17) is 0 Å². The predicted molar refractivity (Wildman–Crippen MR) is 112 cm³/mol. The van der Waals surface area contributed by atoms with Crippen LogP contribution in [-0.4, -0.2) is 22.4 Å². The minimum absolute atomic E-state index is 0.245. The van der Waals surface area contributed by atoms with Crippen molar-refractivity contribution in [3.8, 4) is 11.3 Å². The maximum Gasteiger partial charge on any atom is 0.416 e. The third-order valence-corrected chi connectivity index (χ3v) is 4.52. The van der Waals surface area contributed by atoms with E-state index >= 15 is 0 Å². The summed E-state index contributed by atoms with van der Waals surface area (Å²) in [6.07, 6.45) is -3.98. The minimum Gasteiger partial charge on any atom is -0.338 e. The molecule has 31 heavy (non-hydrogen) atoms. The molecule has 6 nitrogen and oxygen atoms in total. The van der Waals surface area contributed by atoms with Crippen molar-refractivity contribution in [2.45, 2.75) is 26.1 Å². The van der Waals surface area contributed by atoms with Gasteiger partial charge in [0.15, 0.2) is 0 Å². The van der Waals surface area contributed by atoms with Crippen LogP contribution in [0.5, 0.6) is 0 Å². The number of aromatic nitrogens is 2. The van der Waals surface area contributed by atoms with E-state index in [-0.39, 0.29) is 17.8 Å². The summed E-state index contributed by atoms with van der Waals surface area (Å²) in [6, 6.07) is 14.5. The molecule has 1 aromatic heterocycles. The first-order chi connectivity index (χ1) is 14.7. The van der Waals surface area contributed by atoms with Crippen LogP contribution in [0.2, 0.25) is 0 Å². The van der Waals surface area contributed by atoms with Crippen molar-refractivity contribution < 1.29 is 18.0 Å². The molecule has 0 radical (unpaired) electrons. The Labute approximate surface area is 176 Å². The van der Waals surface area contributed by atoms with Crippen molar-refractivity contribution in [1.29, 1.82) is 0 Å². The molecule has 1 heterocycles. The number of nitrogens with zero attached hydrogens (tertiary/aromatic N) is 2. The Balaban J connectivity index is 1.50. The number of anilines is 1. The fourth-order valence-corrected chi connectivity index (χ4v) is 2.84. The van der Waals surface area contributed by atoms with Gasteiger partial charge in [-0.05, 0) is 43.7 Å². The molecule has 2 amide bonds. The van der Waals surface area contributed by atoms with E-state index in [9.17, 15) is 22.8 Å². The number of urea groups is 1. The zero-order valence-corrected chi connectivity index (χ0v) is 16.7. The molecule has 0 bridgehead atoms. The first kappa shape index (κ1) is 22.1. The highest BCUT2D eigenvalue weighted by Gasteiger charge is 2.29. The Hall–Kier alpha value is -3.62. The molecule has 0 aliphatic rings. The van der Waals surface area contributed by atoms with Gasteiger partial charge in [-0.3, -0.25) is 4.79 Å². The van der Waals surface area contributed by atoms with Gasteiger partial charge >= 0.3 is 12.2 Å². The van der Waals surface area contributed by atoms with Crippen molar-refractivity contribution in [2.75, 3.05) is 11.9 Å². The topological polar surface area (TPSA) is 76.0 Å². The molecule has 0 aliphatic heterocycles. The summed E-state index contributed by atoms with van der Waals surface area (Å²) in [5.41, 5.74) is 1.90. The van der Waals surface area contributed by atoms with Gasteiger partial charge in [-0.1, -0.05) is 29.8 Å². The van der Waals surface area contributed by atoms with Crippen molar-refractivity contribution >= 4 is 11.7 Å². The zero-order valence-electron chi connectivity index (χ0n) is 16.7. The highest BCUT2D eigenvalue weighted by molar-refractivity contribution is 5.89. The van der Waals surface area contributed by atoms with Crippen molar-refractivity contribution in [3.63, 3.8) is 0 Å². The summed E-state index contributed by atoms with van der Waals surface area (Å²) in [6.45, 7) is 2.55. The predicted octanol–water partition coefficient (Wildman–Crippen LogP) is 4.45. The SMILES string of the molecule is Cc1ccc(-c2ccc(=O)n(CCCNC(=O)Nc3ccc(C(F)(F)F)cc3)n2)cc1. The fourth-order valence-electron chi connectivity index (χ4n) is 2.84. The van der Waals surface area contributed by atoms with E-state index in [0.29, 0.717) is 18.7 Å². The van der Waals surface area contributed by atoms with Crippen LogP contribution in [0.25, 0.3) is 11.3 Å². The van der Waals surface area contributed by atoms with Crippen molar-refractivity contribution in [1.82, 2.24) is 15.1 Å². The number of carbonyl (C=O) groups excluding carboxylic acids is 1. The molecule has 2 N–H and O–H groups in total. The number of carbonyl (C=O) groups is 1. The van der Waals surface area contributed by atoms with E-state index in [1.165, 1.54) is 22.9 Å². The average Bonchev–Trinajstić information content (AvgIpc) is 2.73. The number of hydrogen-bond acceptors (Lipinski definition) is 3. The number of halogens is 3. The van der Waals surface area contributed by atoms with Crippen molar-refractivity contribution in [2.24, 2.45) is 0 Å². The van der Waals surface area contributed by atoms with Crippen LogP contribution < -0.4 is 16.2 Å². The second-order valence-corrected chi connectivity index (χ2v) is 6.96. The molecule has 162 valence electrons. The molecule has 0 atom stereocenters. The Morgan fingerprint density at radius 3 is 2.32 bits per heavy atom. The van der Waals surface area contributed by atoms with Crippen LogP contribution >= 0.6 is 0 Å². The Morgan fingerprint density at radius 1 is 1.00 bits per heavy atom. The van der Waals surface area contributed by atoms with Crippen LogP contribution in [0.4, 0.5) is 23.7 Å². The number of alkyl halides is 3. The van der Waals surface area contributed by atoms with Gasteiger partial charge in [0.2, 0.25) is 0 Å². The quantitative estimate of drug-likeness (QED) is 0.568. The lowest BCUT2D eigenvalue weighted by Gasteiger charge is -2.10. The van der Waals surface area contributed by atoms with Gasteiger partial charge in [0.05, 0.1) is 11.3 Å². The summed E-state index contributed by atoms with van der Waals surface area (Å²) >= 11 is 0. The average molecular weight is 430 g/mol. The lowest BCUT2D eigenvalue weighted by molar-refractivity contribution is -0.137. The van der Waals surface area contributed by atoms with E-state index in [0.717, 1.165) is 23.3 Å². The number of hydrogen-bond donors (Lipinski definition) is 2. The zero-order chi connectivity index (χ0) is 22.4. The van der Waals surface area contributed by atoms with Crippen LogP contribution in [-0.2, 0) is 12.7 Å². The van der Waals surface area contributed by atoms with Gasteiger partial charge in [-0.15, -0.1) is 0 Å². The molecule has 3 aromatic rings. The lowest BCUT2D eigenvalue weighted by atomic mass is 10.1. The largest absolute Gasteiger partial charge is 0.416 e. The molecule has 2 aromatic carbocycles. The van der Waals surface area contributed by atoms with Gasteiger partial charge in [-0.25, -0.2) is 9.48 Å². The summed E-state index contributed by atoms with van der Waals surface area (Å²) in [5, 5.41) is 9.44. The summed E-state index contributed by atoms with van der Waals surface area (Å²) in [5.74, 6) is 0. The van der Waals surface area contributed by atoms with E-state index in [1.54, 1.807) is 6.07 Å².